The van der Waals surface area contributed by atoms with Crippen molar-refractivity contribution in [2.75, 3.05) is 0 Å². The Morgan fingerprint density at radius 2 is 1.88 bits per heavy atom. The minimum absolute atomic E-state index is 0.113. The third kappa shape index (κ3) is 3.60. The van der Waals surface area contributed by atoms with E-state index in [0.29, 0.717) is 0 Å². The molecule has 3 rings (SSSR count). The number of rotatable bonds is 4. The van der Waals surface area contributed by atoms with Crippen molar-refractivity contribution < 1.29 is 9.18 Å². The first-order valence-electron chi connectivity index (χ1n) is 7.38. The third-order valence-corrected chi connectivity index (χ3v) is 3.88. The van der Waals surface area contributed by atoms with Crippen LogP contribution in [0.25, 0.3) is 11.3 Å². The van der Waals surface area contributed by atoms with Crippen LogP contribution in [0.3, 0.4) is 0 Å². The molecule has 0 aliphatic rings. The van der Waals surface area contributed by atoms with Gasteiger partial charge in [0.2, 0.25) is 0 Å². The first-order chi connectivity index (χ1) is 11.6. The molecule has 1 aromatic heterocycles. The quantitative estimate of drug-likeness (QED) is 0.761. The van der Waals surface area contributed by atoms with Gasteiger partial charge in [0, 0.05) is 18.3 Å². The average molecular weight is 341 g/mol. The predicted octanol–water partition coefficient (Wildman–Crippen LogP) is 4.47. The Hall–Kier alpha value is -2.72. The van der Waals surface area contributed by atoms with Gasteiger partial charge in [0.05, 0.1) is 16.3 Å². The van der Waals surface area contributed by atoms with Crippen LogP contribution in [0.4, 0.5) is 4.39 Å². The summed E-state index contributed by atoms with van der Waals surface area (Å²) in [5, 5.41) is 2.97. The highest BCUT2D eigenvalue weighted by molar-refractivity contribution is 6.33. The summed E-state index contributed by atoms with van der Waals surface area (Å²) in [7, 11) is 0. The molecule has 1 amide bonds. The number of benzene rings is 2. The molecule has 0 saturated carbocycles. The number of amides is 1. The molecule has 5 heteroatoms. The number of nitrogens with one attached hydrogen (secondary N) is 1. The topological polar surface area (TPSA) is 42.0 Å². The molecule has 0 fully saturated rings. The Bertz CT molecular complexity index is 868. The highest BCUT2D eigenvalue weighted by Gasteiger charge is 2.13. The lowest BCUT2D eigenvalue weighted by Crippen LogP contribution is -2.23. The number of aromatic nitrogens is 1. The van der Waals surface area contributed by atoms with Gasteiger partial charge in [-0.2, -0.15) is 0 Å². The Morgan fingerprint density at radius 1 is 1.08 bits per heavy atom. The summed E-state index contributed by atoms with van der Waals surface area (Å²) >= 11 is 5.96. The van der Waals surface area contributed by atoms with Crippen LogP contribution in [0, 0.1) is 5.82 Å². The Labute approximate surface area is 144 Å². The first-order valence-corrected chi connectivity index (χ1v) is 7.75. The molecule has 0 saturated heterocycles. The smallest absolute Gasteiger partial charge is 0.253 e. The number of hydrogen-bond donors (Lipinski definition) is 1. The number of carbonyl (C=O) groups excluding carboxylic acids is 1. The molecule has 0 spiro atoms. The molecular weight excluding hydrogens is 327 g/mol. The Balaban J connectivity index is 1.80. The van der Waals surface area contributed by atoms with E-state index in [1.54, 1.807) is 6.20 Å². The van der Waals surface area contributed by atoms with Gasteiger partial charge in [-0.25, -0.2) is 4.39 Å². The first kappa shape index (κ1) is 16.1. The minimum Gasteiger partial charge on any atom is -0.348 e. The summed E-state index contributed by atoms with van der Waals surface area (Å²) in [5.74, 6) is -0.932. The third-order valence-electron chi connectivity index (χ3n) is 3.55. The highest BCUT2D eigenvalue weighted by Crippen LogP contribution is 2.21. The van der Waals surface area contributed by atoms with Crippen LogP contribution < -0.4 is 5.32 Å². The van der Waals surface area contributed by atoms with Gasteiger partial charge in [0.25, 0.3) is 5.91 Å². The molecule has 0 unspecified atom stereocenters. The van der Waals surface area contributed by atoms with E-state index in [2.05, 4.69) is 10.3 Å². The molecule has 24 heavy (non-hydrogen) atoms. The van der Waals surface area contributed by atoms with E-state index in [-0.39, 0.29) is 17.1 Å². The number of nitrogens with zero attached hydrogens (tertiary/aromatic N) is 1. The molecular formula is C19H14ClFN2O. The van der Waals surface area contributed by atoms with Gasteiger partial charge >= 0.3 is 0 Å². The SMILES string of the molecule is O=C(NCc1cccnc1-c1ccccc1)c1cc(F)ccc1Cl. The monoisotopic (exact) mass is 340 g/mol. The van der Waals surface area contributed by atoms with Gasteiger partial charge in [-0.05, 0) is 29.8 Å². The zero-order chi connectivity index (χ0) is 16.9. The number of carbonyl (C=O) groups is 1. The largest absolute Gasteiger partial charge is 0.348 e. The van der Waals surface area contributed by atoms with Crippen LogP contribution in [-0.4, -0.2) is 10.9 Å². The zero-order valence-corrected chi connectivity index (χ0v) is 13.4. The van der Waals surface area contributed by atoms with Crippen molar-refractivity contribution in [3.63, 3.8) is 0 Å². The zero-order valence-electron chi connectivity index (χ0n) is 12.7. The van der Waals surface area contributed by atoms with Gasteiger partial charge in [0.15, 0.2) is 0 Å². The van der Waals surface area contributed by atoms with Gasteiger partial charge in [0.1, 0.15) is 5.82 Å². The van der Waals surface area contributed by atoms with Gasteiger partial charge in [-0.15, -0.1) is 0 Å². The van der Waals surface area contributed by atoms with E-state index in [9.17, 15) is 9.18 Å². The van der Waals surface area contributed by atoms with Crippen LogP contribution in [-0.2, 0) is 6.54 Å². The summed E-state index contributed by atoms with van der Waals surface area (Å²) in [5.41, 5.74) is 2.74. The summed E-state index contributed by atoms with van der Waals surface area (Å²) in [4.78, 5) is 16.7. The highest BCUT2D eigenvalue weighted by atomic mass is 35.5. The second-order valence-corrected chi connectivity index (χ2v) is 5.59. The second kappa shape index (κ2) is 7.23. The predicted molar refractivity (Wildman–Crippen MR) is 92.3 cm³/mol. The molecule has 0 aliphatic carbocycles. The normalized spacial score (nSPS) is 10.4. The minimum atomic E-state index is -0.504. The molecule has 0 bridgehead atoms. The van der Waals surface area contributed by atoms with E-state index in [1.165, 1.54) is 12.1 Å². The van der Waals surface area contributed by atoms with Crippen molar-refractivity contribution in [2.45, 2.75) is 6.54 Å². The summed E-state index contributed by atoms with van der Waals surface area (Å²) in [6, 6.07) is 17.1. The molecule has 3 aromatic rings. The maximum Gasteiger partial charge on any atom is 0.253 e. The van der Waals surface area contributed by atoms with Crippen LogP contribution in [0.15, 0.2) is 66.9 Å². The van der Waals surface area contributed by atoms with Gasteiger partial charge in [-0.3, -0.25) is 9.78 Å². The number of pyridine rings is 1. The number of halogens is 2. The van der Waals surface area contributed by atoms with Crippen molar-refractivity contribution in [1.82, 2.24) is 10.3 Å². The lowest BCUT2D eigenvalue weighted by atomic mass is 10.1. The Morgan fingerprint density at radius 3 is 2.67 bits per heavy atom. The lowest BCUT2D eigenvalue weighted by molar-refractivity contribution is 0.0950. The van der Waals surface area contributed by atoms with Crippen molar-refractivity contribution in [1.29, 1.82) is 0 Å². The van der Waals surface area contributed by atoms with Crippen molar-refractivity contribution in [3.8, 4) is 11.3 Å². The van der Waals surface area contributed by atoms with E-state index in [0.717, 1.165) is 22.9 Å². The molecule has 0 radical (unpaired) electrons. The van der Waals surface area contributed by atoms with Crippen molar-refractivity contribution >= 4 is 17.5 Å². The second-order valence-electron chi connectivity index (χ2n) is 5.18. The molecule has 3 nitrogen and oxygen atoms in total. The molecule has 0 atom stereocenters. The van der Waals surface area contributed by atoms with Crippen LogP contribution in [0.1, 0.15) is 15.9 Å². The number of hydrogen-bond acceptors (Lipinski definition) is 2. The summed E-state index contributed by atoms with van der Waals surface area (Å²) < 4.78 is 13.3. The fourth-order valence-corrected chi connectivity index (χ4v) is 2.58. The van der Waals surface area contributed by atoms with Gasteiger partial charge < -0.3 is 5.32 Å². The molecule has 1 N–H and O–H groups in total. The van der Waals surface area contributed by atoms with E-state index in [1.807, 2.05) is 42.5 Å². The van der Waals surface area contributed by atoms with Gasteiger partial charge in [-0.1, -0.05) is 48.0 Å². The summed E-state index contributed by atoms with van der Waals surface area (Å²) in [6.45, 7) is 0.268. The van der Waals surface area contributed by atoms with Crippen LogP contribution >= 0.6 is 11.6 Å². The molecule has 2 aromatic carbocycles. The fourth-order valence-electron chi connectivity index (χ4n) is 2.38. The maximum atomic E-state index is 13.3. The Kier molecular flexibility index (Phi) is 4.87. The maximum absolute atomic E-state index is 13.3. The van der Waals surface area contributed by atoms with Crippen LogP contribution in [0.2, 0.25) is 5.02 Å². The molecule has 0 aliphatic heterocycles. The van der Waals surface area contributed by atoms with E-state index < -0.39 is 11.7 Å². The standard InChI is InChI=1S/C19H14ClFN2O/c20-17-9-8-15(21)11-16(17)19(24)23-12-14-7-4-10-22-18(14)13-5-2-1-3-6-13/h1-11H,12H2,(H,23,24). The van der Waals surface area contributed by atoms with Crippen molar-refractivity contribution in [3.05, 3.63) is 88.8 Å². The van der Waals surface area contributed by atoms with Crippen molar-refractivity contribution in [2.24, 2.45) is 0 Å². The van der Waals surface area contributed by atoms with E-state index in [4.69, 9.17) is 11.6 Å². The van der Waals surface area contributed by atoms with Crippen LogP contribution in [0.5, 0.6) is 0 Å². The molecule has 120 valence electrons. The molecule has 1 heterocycles. The summed E-state index contributed by atoms with van der Waals surface area (Å²) in [6.07, 6.45) is 1.71. The lowest BCUT2D eigenvalue weighted by Gasteiger charge is -2.11. The fraction of sp³-hybridized carbons (Fsp3) is 0.0526. The average Bonchev–Trinajstić information content (AvgIpc) is 2.62. The van der Waals surface area contributed by atoms with E-state index >= 15 is 0 Å².